The third kappa shape index (κ3) is 4.19. The minimum atomic E-state index is 0.474. The lowest BCUT2D eigenvalue weighted by Crippen LogP contribution is -2.37. The number of H-pyrrole nitrogens is 1. The molecule has 3 aromatic rings. The van der Waals surface area contributed by atoms with Crippen molar-refractivity contribution in [1.29, 1.82) is 0 Å². The van der Waals surface area contributed by atoms with Crippen LogP contribution in [0.5, 0.6) is 0 Å². The van der Waals surface area contributed by atoms with Crippen LogP contribution in [0.15, 0.2) is 52.2 Å². The highest BCUT2D eigenvalue weighted by Crippen LogP contribution is 2.14. The van der Waals surface area contributed by atoms with Gasteiger partial charge >= 0.3 is 0 Å². The highest BCUT2D eigenvalue weighted by atomic mass is 16.3. The summed E-state index contributed by atoms with van der Waals surface area (Å²) >= 11 is 0. The zero-order chi connectivity index (χ0) is 16.6. The molecule has 0 bridgehead atoms. The van der Waals surface area contributed by atoms with Crippen molar-refractivity contribution in [3.8, 4) is 11.6 Å². The molecule has 8 nitrogen and oxygen atoms in total. The van der Waals surface area contributed by atoms with E-state index in [-0.39, 0.29) is 0 Å². The third-order valence-corrected chi connectivity index (χ3v) is 3.17. The number of guanidine groups is 1. The second-order valence-corrected chi connectivity index (χ2v) is 4.95. The number of rotatable bonds is 6. The van der Waals surface area contributed by atoms with Gasteiger partial charge in [0.1, 0.15) is 5.82 Å². The Hall–Kier alpha value is -3.16. The summed E-state index contributed by atoms with van der Waals surface area (Å²) in [6.45, 7) is 3.76. The van der Waals surface area contributed by atoms with Gasteiger partial charge in [0.05, 0.1) is 25.0 Å². The highest BCUT2D eigenvalue weighted by Gasteiger charge is 2.08. The molecule has 0 aliphatic rings. The Kier molecular flexibility index (Phi) is 5.18. The highest BCUT2D eigenvalue weighted by molar-refractivity contribution is 5.79. The van der Waals surface area contributed by atoms with Crippen molar-refractivity contribution in [2.75, 3.05) is 6.54 Å². The standard InChI is InChI=1S/C16H19N7O/c1-2-17-16(19-10-12-6-3-4-8-18-12)20-11-14-21-15(23-22-14)13-7-5-9-24-13/h3-9H,2,10-11H2,1H3,(H2,17,19,20)(H,21,22,23). The van der Waals surface area contributed by atoms with Crippen LogP contribution in [0.4, 0.5) is 0 Å². The lowest BCUT2D eigenvalue weighted by molar-refractivity contribution is 0.577. The van der Waals surface area contributed by atoms with Gasteiger partial charge in [-0.25, -0.2) is 9.98 Å². The van der Waals surface area contributed by atoms with Gasteiger partial charge in [-0.3, -0.25) is 10.1 Å². The van der Waals surface area contributed by atoms with Gasteiger partial charge in [0, 0.05) is 12.7 Å². The van der Waals surface area contributed by atoms with E-state index in [9.17, 15) is 0 Å². The molecule has 3 N–H and O–H groups in total. The van der Waals surface area contributed by atoms with Crippen LogP contribution in [0.2, 0.25) is 0 Å². The summed E-state index contributed by atoms with van der Waals surface area (Å²) in [5.41, 5.74) is 0.912. The zero-order valence-electron chi connectivity index (χ0n) is 13.4. The summed E-state index contributed by atoms with van der Waals surface area (Å²) < 4.78 is 5.28. The first-order valence-corrected chi connectivity index (χ1v) is 7.72. The van der Waals surface area contributed by atoms with Crippen LogP contribution < -0.4 is 10.6 Å². The molecule has 24 heavy (non-hydrogen) atoms. The van der Waals surface area contributed by atoms with E-state index in [4.69, 9.17) is 4.42 Å². The normalized spacial score (nSPS) is 11.5. The fourth-order valence-electron chi connectivity index (χ4n) is 2.05. The minimum Gasteiger partial charge on any atom is -0.461 e. The van der Waals surface area contributed by atoms with E-state index < -0.39 is 0 Å². The van der Waals surface area contributed by atoms with Crippen molar-refractivity contribution in [1.82, 2.24) is 30.8 Å². The summed E-state index contributed by atoms with van der Waals surface area (Å²) in [5, 5.41) is 13.4. The maximum absolute atomic E-state index is 5.28. The summed E-state index contributed by atoms with van der Waals surface area (Å²) in [5.74, 6) is 2.56. The molecule has 0 saturated heterocycles. The van der Waals surface area contributed by atoms with Crippen molar-refractivity contribution in [3.63, 3.8) is 0 Å². The van der Waals surface area contributed by atoms with Gasteiger partial charge in [-0.2, -0.15) is 0 Å². The number of nitrogens with zero attached hydrogens (tertiary/aromatic N) is 4. The van der Waals surface area contributed by atoms with Crippen LogP contribution in [-0.4, -0.2) is 32.7 Å². The average Bonchev–Trinajstić information content (AvgIpc) is 3.29. The molecule has 0 fully saturated rings. The largest absolute Gasteiger partial charge is 0.461 e. The van der Waals surface area contributed by atoms with Gasteiger partial charge in [-0.1, -0.05) is 6.07 Å². The van der Waals surface area contributed by atoms with Crippen LogP contribution in [0.1, 0.15) is 18.4 Å². The molecule has 0 aromatic carbocycles. The monoisotopic (exact) mass is 325 g/mol. The molecule has 8 heteroatoms. The van der Waals surface area contributed by atoms with Crippen LogP contribution in [0.3, 0.4) is 0 Å². The predicted molar refractivity (Wildman–Crippen MR) is 90.0 cm³/mol. The fraction of sp³-hybridized carbons (Fsp3) is 0.250. The van der Waals surface area contributed by atoms with Crippen molar-refractivity contribution < 1.29 is 4.42 Å². The number of pyridine rings is 1. The number of hydrogen-bond donors (Lipinski definition) is 3. The molecule has 0 amide bonds. The SMILES string of the molecule is CCNC(=NCc1ccccn1)NCc1nc(-c2ccco2)n[nH]1. The smallest absolute Gasteiger partial charge is 0.216 e. The molecule has 3 aromatic heterocycles. The van der Waals surface area contributed by atoms with Crippen LogP contribution in [-0.2, 0) is 13.1 Å². The van der Waals surface area contributed by atoms with E-state index >= 15 is 0 Å². The van der Waals surface area contributed by atoms with E-state index in [0.717, 1.165) is 12.2 Å². The quantitative estimate of drug-likeness (QED) is 0.471. The Balaban J connectivity index is 1.59. The van der Waals surface area contributed by atoms with E-state index in [1.807, 2.05) is 31.2 Å². The Morgan fingerprint density at radius 3 is 2.96 bits per heavy atom. The summed E-state index contributed by atoms with van der Waals surface area (Å²) in [4.78, 5) is 13.2. The van der Waals surface area contributed by atoms with Crippen LogP contribution in [0, 0.1) is 0 Å². The van der Waals surface area contributed by atoms with Crippen molar-refractivity contribution in [2.24, 2.45) is 4.99 Å². The van der Waals surface area contributed by atoms with Crippen molar-refractivity contribution >= 4 is 5.96 Å². The van der Waals surface area contributed by atoms with E-state index in [1.165, 1.54) is 0 Å². The zero-order valence-corrected chi connectivity index (χ0v) is 13.4. The minimum absolute atomic E-state index is 0.474. The molecule has 0 aliphatic heterocycles. The number of aromatic nitrogens is 4. The van der Waals surface area contributed by atoms with Crippen molar-refractivity contribution in [3.05, 3.63) is 54.3 Å². The average molecular weight is 325 g/mol. The first-order valence-electron chi connectivity index (χ1n) is 7.72. The van der Waals surface area contributed by atoms with Crippen LogP contribution in [0.25, 0.3) is 11.6 Å². The van der Waals surface area contributed by atoms with E-state index in [2.05, 4.69) is 35.8 Å². The summed E-state index contributed by atoms with van der Waals surface area (Å²) in [6, 6.07) is 9.40. The maximum Gasteiger partial charge on any atom is 0.216 e. The second-order valence-electron chi connectivity index (χ2n) is 4.95. The third-order valence-electron chi connectivity index (χ3n) is 3.17. The maximum atomic E-state index is 5.28. The molecule has 124 valence electrons. The molecule has 0 aliphatic carbocycles. The number of nitrogens with one attached hydrogen (secondary N) is 3. The summed E-state index contributed by atoms with van der Waals surface area (Å²) in [7, 11) is 0. The Bertz CT molecular complexity index is 765. The first-order chi connectivity index (χ1) is 11.8. The van der Waals surface area contributed by atoms with Gasteiger partial charge in [-0.15, -0.1) is 5.10 Å². The van der Waals surface area contributed by atoms with Crippen molar-refractivity contribution in [2.45, 2.75) is 20.0 Å². The number of hydrogen-bond acceptors (Lipinski definition) is 5. The molecule has 0 atom stereocenters. The molecule has 3 heterocycles. The van der Waals surface area contributed by atoms with Gasteiger partial charge in [-0.05, 0) is 31.2 Å². The Morgan fingerprint density at radius 2 is 2.21 bits per heavy atom. The van der Waals surface area contributed by atoms with Gasteiger partial charge in [0.25, 0.3) is 0 Å². The summed E-state index contributed by atoms with van der Waals surface area (Å²) in [6.07, 6.45) is 3.35. The van der Waals surface area contributed by atoms with E-state index in [0.29, 0.717) is 36.5 Å². The first kappa shape index (κ1) is 15.7. The Labute approximate surface area is 139 Å². The lowest BCUT2D eigenvalue weighted by atomic mass is 10.3. The number of aromatic amines is 1. The van der Waals surface area contributed by atoms with Gasteiger partial charge < -0.3 is 15.1 Å². The molecule has 0 spiro atoms. The fourth-order valence-corrected chi connectivity index (χ4v) is 2.05. The lowest BCUT2D eigenvalue weighted by Gasteiger charge is -2.09. The molecule has 0 saturated carbocycles. The number of furan rings is 1. The topological polar surface area (TPSA) is 104 Å². The second kappa shape index (κ2) is 7.91. The Morgan fingerprint density at radius 1 is 1.25 bits per heavy atom. The van der Waals surface area contributed by atoms with E-state index in [1.54, 1.807) is 18.5 Å². The number of aliphatic imine (C=N–C) groups is 1. The molecule has 0 unspecified atom stereocenters. The van der Waals surface area contributed by atoms with Crippen LogP contribution >= 0.6 is 0 Å². The molecular formula is C16H19N7O. The molecular weight excluding hydrogens is 306 g/mol. The molecule has 3 rings (SSSR count). The van der Waals surface area contributed by atoms with Gasteiger partial charge in [0.2, 0.25) is 5.82 Å². The van der Waals surface area contributed by atoms with Gasteiger partial charge in [0.15, 0.2) is 11.7 Å². The predicted octanol–water partition coefficient (Wildman–Crippen LogP) is 1.71. The molecule has 0 radical (unpaired) electrons.